The highest BCUT2D eigenvalue weighted by Gasteiger charge is 2.30. The van der Waals surface area contributed by atoms with E-state index in [1.165, 1.54) is 12.8 Å². The molecule has 0 saturated heterocycles. The van der Waals surface area contributed by atoms with E-state index in [0.29, 0.717) is 17.9 Å². The lowest BCUT2D eigenvalue weighted by atomic mass is 9.94. The second-order valence-electron chi connectivity index (χ2n) is 5.96. The van der Waals surface area contributed by atoms with E-state index >= 15 is 0 Å². The van der Waals surface area contributed by atoms with Crippen LogP contribution < -0.4 is 5.32 Å². The number of hydrogen-bond donors (Lipinski definition) is 2. The first kappa shape index (κ1) is 15.7. The van der Waals surface area contributed by atoms with Gasteiger partial charge in [-0.25, -0.2) is 4.79 Å². The molecule has 2 amide bonds. The molecule has 1 heterocycles. The molecule has 0 aromatic carbocycles. The Bertz CT molecular complexity index is 484. The summed E-state index contributed by atoms with van der Waals surface area (Å²) in [4.78, 5) is 13.8. The average molecular weight is 292 g/mol. The van der Waals surface area contributed by atoms with Crippen molar-refractivity contribution in [3.05, 3.63) is 18.0 Å². The molecule has 1 aromatic rings. The van der Waals surface area contributed by atoms with E-state index < -0.39 is 5.60 Å². The number of nitrogens with zero attached hydrogens (tertiary/aromatic N) is 3. The fraction of sp³-hybridized carbons (Fsp3) is 0.667. The minimum atomic E-state index is -0.756. The van der Waals surface area contributed by atoms with Gasteiger partial charge in [0.1, 0.15) is 0 Å². The smallest absolute Gasteiger partial charge is 0.321 e. The van der Waals surface area contributed by atoms with Crippen LogP contribution in [0.5, 0.6) is 0 Å². The van der Waals surface area contributed by atoms with Crippen molar-refractivity contribution in [2.24, 2.45) is 0 Å². The summed E-state index contributed by atoms with van der Waals surface area (Å²) in [7, 11) is 1.71. The largest absolute Gasteiger partial charge is 0.388 e. The molecular formula is C15H24N4O2. The van der Waals surface area contributed by atoms with Crippen molar-refractivity contribution in [2.45, 2.75) is 51.0 Å². The van der Waals surface area contributed by atoms with Gasteiger partial charge in [0.15, 0.2) is 0 Å². The predicted octanol–water partition coefficient (Wildman–Crippen LogP) is 2.33. The van der Waals surface area contributed by atoms with E-state index in [4.69, 9.17) is 0 Å². The number of anilines is 1. The van der Waals surface area contributed by atoms with Crippen LogP contribution in [0.2, 0.25) is 0 Å². The van der Waals surface area contributed by atoms with Crippen molar-refractivity contribution in [2.75, 3.05) is 18.9 Å². The number of aliphatic hydroxyl groups is 1. The molecule has 0 unspecified atom stereocenters. The monoisotopic (exact) mass is 292 g/mol. The lowest BCUT2D eigenvalue weighted by molar-refractivity contribution is 0.00582. The first-order valence-electron chi connectivity index (χ1n) is 7.53. The number of nitrogens with one attached hydrogen (secondary N) is 1. The molecule has 21 heavy (non-hydrogen) atoms. The Morgan fingerprint density at radius 3 is 2.67 bits per heavy atom. The number of rotatable bonds is 3. The molecule has 1 saturated carbocycles. The van der Waals surface area contributed by atoms with E-state index in [0.717, 1.165) is 25.7 Å². The van der Waals surface area contributed by atoms with Crippen LogP contribution in [0, 0.1) is 6.92 Å². The summed E-state index contributed by atoms with van der Waals surface area (Å²) in [5.41, 5.74) is 0.566. The number of hydrogen-bond acceptors (Lipinski definition) is 4. The molecule has 0 bridgehead atoms. The van der Waals surface area contributed by atoms with Gasteiger partial charge in [-0.05, 0) is 25.8 Å². The molecular weight excluding hydrogens is 268 g/mol. The summed E-state index contributed by atoms with van der Waals surface area (Å²) in [6.07, 6.45) is 7.46. The maximum atomic E-state index is 12.2. The molecule has 1 fully saturated rings. The van der Waals surface area contributed by atoms with Gasteiger partial charge in [0.25, 0.3) is 0 Å². The van der Waals surface area contributed by atoms with Crippen LogP contribution in [0.3, 0.4) is 0 Å². The fourth-order valence-corrected chi connectivity index (χ4v) is 2.80. The van der Waals surface area contributed by atoms with Crippen molar-refractivity contribution in [3.8, 4) is 0 Å². The Kier molecular flexibility index (Phi) is 5.12. The van der Waals surface area contributed by atoms with Gasteiger partial charge >= 0.3 is 6.03 Å². The molecule has 116 valence electrons. The molecule has 2 rings (SSSR count). The van der Waals surface area contributed by atoms with Crippen molar-refractivity contribution in [1.82, 2.24) is 15.1 Å². The van der Waals surface area contributed by atoms with Crippen LogP contribution in [0.25, 0.3) is 0 Å². The summed E-state index contributed by atoms with van der Waals surface area (Å²) < 4.78 is 0. The third-order valence-corrected chi connectivity index (χ3v) is 4.06. The average Bonchev–Trinajstić information content (AvgIpc) is 2.66. The molecule has 1 aliphatic carbocycles. The molecule has 6 nitrogen and oxygen atoms in total. The van der Waals surface area contributed by atoms with Gasteiger partial charge in [-0.3, -0.25) is 0 Å². The summed E-state index contributed by atoms with van der Waals surface area (Å²) in [6, 6.07) is 1.48. The van der Waals surface area contributed by atoms with E-state index in [-0.39, 0.29) is 6.03 Å². The Hall–Kier alpha value is -1.69. The Balaban J connectivity index is 1.94. The van der Waals surface area contributed by atoms with Crippen LogP contribution in [-0.2, 0) is 0 Å². The van der Waals surface area contributed by atoms with Crippen LogP contribution >= 0.6 is 0 Å². The summed E-state index contributed by atoms with van der Waals surface area (Å²) >= 11 is 0. The maximum absolute atomic E-state index is 12.2. The molecule has 2 N–H and O–H groups in total. The normalized spacial score (nSPS) is 17.9. The van der Waals surface area contributed by atoms with Gasteiger partial charge in [0.2, 0.25) is 0 Å². The van der Waals surface area contributed by atoms with Gasteiger partial charge in [0.05, 0.1) is 29.7 Å². The van der Waals surface area contributed by atoms with Crippen molar-refractivity contribution in [1.29, 1.82) is 0 Å². The van der Waals surface area contributed by atoms with E-state index in [9.17, 15) is 9.90 Å². The zero-order valence-electron chi connectivity index (χ0n) is 12.8. The van der Waals surface area contributed by atoms with Crippen molar-refractivity contribution in [3.63, 3.8) is 0 Å². The second kappa shape index (κ2) is 6.85. The lowest BCUT2D eigenvalue weighted by Crippen LogP contribution is -2.45. The number of carbonyl (C=O) groups is 1. The number of aryl methyl sites for hydroxylation is 1. The number of carbonyl (C=O) groups excluding carboxylic acids is 1. The van der Waals surface area contributed by atoms with Crippen LogP contribution in [0.1, 0.15) is 44.2 Å². The van der Waals surface area contributed by atoms with Crippen LogP contribution in [-0.4, -0.2) is 45.4 Å². The third kappa shape index (κ3) is 4.39. The first-order chi connectivity index (χ1) is 10.0. The molecule has 0 atom stereocenters. The summed E-state index contributed by atoms with van der Waals surface area (Å²) in [6.45, 7) is 2.15. The molecule has 0 aliphatic heterocycles. The highest BCUT2D eigenvalue weighted by Crippen LogP contribution is 2.27. The third-order valence-electron chi connectivity index (χ3n) is 4.06. The van der Waals surface area contributed by atoms with Crippen molar-refractivity contribution >= 4 is 11.7 Å². The van der Waals surface area contributed by atoms with Crippen LogP contribution in [0.15, 0.2) is 12.3 Å². The molecule has 6 heteroatoms. The Morgan fingerprint density at radius 2 is 2.05 bits per heavy atom. The van der Waals surface area contributed by atoms with Gasteiger partial charge in [-0.1, -0.05) is 25.7 Å². The minimum absolute atomic E-state index is 0.233. The quantitative estimate of drug-likeness (QED) is 0.838. The Morgan fingerprint density at radius 1 is 1.38 bits per heavy atom. The zero-order valence-corrected chi connectivity index (χ0v) is 12.8. The number of aromatic nitrogens is 2. The topological polar surface area (TPSA) is 78.4 Å². The van der Waals surface area contributed by atoms with Crippen LogP contribution in [0.4, 0.5) is 10.5 Å². The zero-order chi connectivity index (χ0) is 15.3. The SMILES string of the molecule is Cc1nnccc1NC(=O)N(C)CC1(O)CCCCCC1. The minimum Gasteiger partial charge on any atom is -0.388 e. The predicted molar refractivity (Wildman–Crippen MR) is 81.1 cm³/mol. The number of urea groups is 1. The molecule has 1 aliphatic rings. The molecule has 0 radical (unpaired) electrons. The highest BCUT2D eigenvalue weighted by atomic mass is 16.3. The van der Waals surface area contributed by atoms with Gasteiger partial charge in [-0.15, -0.1) is 0 Å². The molecule has 1 aromatic heterocycles. The van der Waals surface area contributed by atoms with Crippen molar-refractivity contribution < 1.29 is 9.90 Å². The second-order valence-corrected chi connectivity index (χ2v) is 5.96. The number of likely N-dealkylation sites (N-methyl/N-ethyl adjacent to an activating group) is 1. The van der Waals surface area contributed by atoms with Gasteiger partial charge in [-0.2, -0.15) is 10.2 Å². The van der Waals surface area contributed by atoms with E-state index in [2.05, 4.69) is 15.5 Å². The lowest BCUT2D eigenvalue weighted by Gasteiger charge is -2.31. The fourth-order valence-electron chi connectivity index (χ4n) is 2.80. The van der Waals surface area contributed by atoms with Gasteiger partial charge < -0.3 is 15.3 Å². The molecule has 0 spiro atoms. The number of amides is 2. The summed E-state index contributed by atoms with van der Waals surface area (Å²) in [5, 5.41) is 21.1. The standard InChI is InChI=1S/C15H24N4O2/c1-12-13(7-10-16-18-12)17-14(20)19(2)11-15(21)8-5-3-4-6-9-15/h7,10,21H,3-6,8-9,11H2,1-2H3,(H,16,17,20). The van der Waals surface area contributed by atoms with Gasteiger partial charge in [0, 0.05) is 7.05 Å². The first-order valence-corrected chi connectivity index (χ1v) is 7.53. The maximum Gasteiger partial charge on any atom is 0.321 e. The highest BCUT2D eigenvalue weighted by molar-refractivity contribution is 5.89. The Labute approximate surface area is 125 Å². The van der Waals surface area contributed by atoms with E-state index in [1.807, 2.05) is 0 Å². The summed E-state index contributed by atoms with van der Waals surface area (Å²) in [5.74, 6) is 0. The van der Waals surface area contributed by atoms with E-state index in [1.54, 1.807) is 31.1 Å².